The number of rotatable bonds is 3. The van der Waals surface area contributed by atoms with Gasteiger partial charge in [-0.15, -0.1) is 0 Å². The molecule has 0 aliphatic heterocycles. The maximum absolute atomic E-state index is 13.0. The van der Waals surface area contributed by atoms with Gasteiger partial charge in [-0.05, 0) is 38.5 Å². The summed E-state index contributed by atoms with van der Waals surface area (Å²) in [6.07, 6.45) is 0.962. The Morgan fingerprint density at radius 3 is 2.50 bits per heavy atom. The average Bonchev–Trinajstić information content (AvgIpc) is 2.01. The molecule has 2 nitrogen and oxygen atoms in total. The average molecular weight is 196 g/mol. The molecule has 1 aromatic carbocycles. The van der Waals surface area contributed by atoms with E-state index >= 15 is 0 Å². The van der Waals surface area contributed by atoms with Crippen LogP contribution in [-0.2, 0) is 0 Å². The Balaban J connectivity index is 2.87. The number of halogens is 1. The van der Waals surface area contributed by atoms with Crippen LogP contribution in [0.15, 0.2) is 18.2 Å². The number of nitrogens with two attached hydrogens (primary N) is 1. The number of anilines is 2. The van der Waals surface area contributed by atoms with Crippen molar-refractivity contribution in [1.29, 1.82) is 0 Å². The largest absolute Gasteiger partial charge is 0.399 e. The van der Waals surface area contributed by atoms with Gasteiger partial charge in [0.25, 0.3) is 0 Å². The molecule has 3 N–H and O–H groups in total. The predicted molar refractivity (Wildman–Crippen MR) is 58.8 cm³/mol. The highest BCUT2D eigenvalue weighted by molar-refractivity contribution is 5.55. The molecule has 78 valence electrons. The predicted octanol–water partition coefficient (Wildman–Crippen LogP) is 3.01. The van der Waals surface area contributed by atoms with Crippen LogP contribution in [0, 0.1) is 5.82 Å². The molecule has 0 unspecified atom stereocenters. The van der Waals surface area contributed by atoms with Crippen molar-refractivity contribution in [3.05, 3.63) is 24.0 Å². The van der Waals surface area contributed by atoms with E-state index in [4.69, 9.17) is 5.73 Å². The summed E-state index contributed by atoms with van der Waals surface area (Å²) in [6.45, 7) is 6.21. The molecule has 0 aromatic heterocycles. The van der Waals surface area contributed by atoms with Crippen LogP contribution in [0.25, 0.3) is 0 Å². The zero-order valence-corrected chi connectivity index (χ0v) is 8.89. The van der Waals surface area contributed by atoms with E-state index in [1.807, 2.05) is 0 Å². The normalized spacial score (nSPS) is 11.4. The number of hydrogen-bond donors (Lipinski definition) is 2. The van der Waals surface area contributed by atoms with E-state index in [9.17, 15) is 4.39 Å². The molecule has 0 radical (unpaired) electrons. The van der Waals surface area contributed by atoms with Crippen molar-refractivity contribution in [2.24, 2.45) is 0 Å². The smallest absolute Gasteiger partial charge is 0.127 e. The fourth-order valence-electron chi connectivity index (χ4n) is 1.16. The fraction of sp³-hybridized carbons (Fsp3) is 0.455. The van der Waals surface area contributed by atoms with E-state index in [1.54, 1.807) is 6.07 Å². The van der Waals surface area contributed by atoms with Crippen molar-refractivity contribution in [2.45, 2.75) is 32.7 Å². The van der Waals surface area contributed by atoms with Crippen LogP contribution < -0.4 is 11.1 Å². The third kappa shape index (κ3) is 2.91. The minimum absolute atomic E-state index is 0.0414. The summed E-state index contributed by atoms with van der Waals surface area (Å²) in [5.41, 5.74) is 6.67. The van der Waals surface area contributed by atoms with E-state index < -0.39 is 0 Å². The summed E-state index contributed by atoms with van der Waals surface area (Å²) < 4.78 is 13.0. The minimum Gasteiger partial charge on any atom is -0.399 e. The number of hydrogen-bond acceptors (Lipinski definition) is 2. The van der Waals surface area contributed by atoms with Crippen LogP contribution in [0.5, 0.6) is 0 Å². The number of benzene rings is 1. The van der Waals surface area contributed by atoms with Crippen molar-refractivity contribution in [1.82, 2.24) is 0 Å². The highest BCUT2D eigenvalue weighted by Crippen LogP contribution is 2.21. The summed E-state index contributed by atoms with van der Waals surface area (Å²) in [7, 11) is 0. The van der Waals surface area contributed by atoms with Crippen LogP contribution >= 0.6 is 0 Å². The summed E-state index contributed by atoms with van der Waals surface area (Å²) in [6, 6.07) is 4.50. The molecule has 0 spiro atoms. The topological polar surface area (TPSA) is 38.0 Å². The standard InChI is InChI=1S/C11H17FN2/c1-4-11(2,3)14-10-6-8(12)5-9(13)7-10/h5-7,14H,4,13H2,1-3H3. The van der Waals surface area contributed by atoms with Gasteiger partial charge in [-0.1, -0.05) is 6.92 Å². The van der Waals surface area contributed by atoms with Crippen LogP contribution in [0.4, 0.5) is 15.8 Å². The molecule has 0 heterocycles. The zero-order chi connectivity index (χ0) is 10.8. The van der Waals surface area contributed by atoms with Crippen molar-refractivity contribution >= 4 is 11.4 Å². The Kier molecular flexibility index (Phi) is 2.99. The Morgan fingerprint density at radius 2 is 2.00 bits per heavy atom. The van der Waals surface area contributed by atoms with Crippen LogP contribution in [0.1, 0.15) is 27.2 Å². The summed E-state index contributed by atoms with van der Waals surface area (Å²) in [4.78, 5) is 0. The lowest BCUT2D eigenvalue weighted by molar-refractivity contribution is 0.546. The SMILES string of the molecule is CCC(C)(C)Nc1cc(N)cc(F)c1. The molecule has 0 amide bonds. The van der Waals surface area contributed by atoms with Crippen molar-refractivity contribution in [3.63, 3.8) is 0 Å². The second kappa shape index (κ2) is 3.86. The number of nitrogens with one attached hydrogen (secondary N) is 1. The van der Waals surface area contributed by atoms with Gasteiger partial charge in [0.2, 0.25) is 0 Å². The first-order valence-corrected chi connectivity index (χ1v) is 4.77. The second-order valence-corrected chi connectivity index (χ2v) is 4.14. The highest BCUT2D eigenvalue weighted by Gasteiger charge is 2.14. The van der Waals surface area contributed by atoms with E-state index in [2.05, 4.69) is 26.1 Å². The van der Waals surface area contributed by atoms with Crippen LogP contribution in [-0.4, -0.2) is 5.54 Å². The maximum atomic E-state index is 13.0. The lowest BCUT2D eigenvalue weighted by atomic mass is 10.0. The van der Waals surface area contributed by atoms with Gasteiger partial charge in [-0.2, -0.15) is 0 Å². The molecule has 1 rings (SSSR count). The van der Waals surface area contributed by atoms with Gasteiger partial charge in [0.05, 0.1) is 0 Å². The molecule has 0 aliphatic rings. The van der Waals surface area contributed by atoms with Gasteiger partial charge in [0.15, 0.2) is 0 Å². The zero-order valence-electron chi connectivity index (χ0n) is 8.89. The Hall–Kier alpha value is -1.25. The van der Waals surface area contributed by atoms with Crippen molar-refractivity contribution in [2.75, 3.05) is 11.1 Å². The van der Waals surface area contributed by atoms with Gasteiger partial charge in [0, 0.05) is 16.9 Å². The molecule has 0 fully saturated rings. The molecule has 3 heteroatoms. The molecule has 1 aromatic rings. The Morgan fingerprint density at radius 1 is 1.36 bits per heavy atom. The molecular weight excluding hydrogens is 179 g/mol. The van der Waals surface area contributed by atoms with E-state index in [1.165, 1.54) is 12.1 Å². The number of nitrogen functional groups attached to an aromatic ring is 1. The third-order valence-electron chi connectivity index (χ3n) is 2.29. The van der Waals surface area contributed by atoms with Crippen LogP contribution in [0.3, 0.4) is 0 Å². The minimum atomic E-state index is -0.306. The Labute approximate surface area is 84.3 Å². The van der Waals surface area contributed by atoms with E-state index in [0.29, 0.717) is 5.69 Å². The van der Waals surface area contributed by atoms with Gasteiger partial charge >= 0.3 is 0 Å². The molecule has 0 saturated carbocycles. The maximum Gasteiger partial charge on any atom is 0.127 e. The fourth-order valence-corrected chi connectivity index (χ4v) is 1.16. The first kappa shape index (κ1) is 10.8. The first-order valence-electron chi connectivity index (χ1n) is 4.77. The molecular formula is C11H17FN2. The monoisotopic (exact) mass is 196 g/mol. The van der Waals surface area contributed by atoms with Gasteiger partial charge < -0.3 is 11.1 Å². The van der Waals surface area contributed by atoms with Crippen molar-refractivity contribution < 1.29 is 4.39 Å². The van der Waals surface area contributed by atoms with E-state index in [0.717, 1.165) is 12.1 Å². The van der Waals surface area contributed by atoms with Gasteiger partial charge in [0.1, 0.15) is 5.82 Å². The summed E-state index contributed by atoms with van der Waals surface area (Å²) >= 11 is 0. The third-order valence-corrected chi connectivity index (χ3v) is 2.29. The lowest BCUT2D eigenvalue weighted by Gasteiger charge is -2.26. The van der Waals surface area contributed by atoms with Crippen molar-refractivity contribution in [3.8, 4) is 0 Å². The van der Waals surface area contributed by atoms with Gasteiger partial charge in [-0.25, -0.2) is 4.39 Å². The highest BCUT2D eigenvalue weighted by atomic mass is 19.1. The van der Waals surface area contributed by atoms with Crippen LogP contribution in [0.2, 0.25) is 0 Å². The second-order valence-electron chi connectivity index (χ2n) is 4.14. The summed E-state index contributed by atoms with van der Waals surface area (Å²) in [5, 5.41) is 3.23. The Bertz CT molecular complexity index is 301. The molecule has 0 saturated heterocycles. The molecule has 0 aliphatic carbocycles. The van der Waals surface area contributed by atoms with Gasteiger partial charge in [-0.3, -0.25) is 0 Å². The lowest BCUT2D eigenvalue weighted by Crippen LogP contribution is -2.29. The molecule has 0 atom stereocenters. The summed E-state index contributed by atoms with van der Waals surface area (Å²) in [5.74, 6) is -0.306. The molecule has 0 bridgehead atoms. The molecule has 14 heavy (non-hydrogen) atoms. The first-order chi connectivity index (χ1) is 6.43. The quantitative estimate of drug-likeness (QED) is 0.729. The van der Waals surface area contributed by atoms with E-state index in [-0.39, 0.29) is 11.4 Å².